The maximum absolute atomic E-state index is 13.5. The molecule has 1 amide bonds. The number of aromatic nitrogens is 1. The summed E-state index contributed by atoms with van der Waals surface area (Å²) >= 11 is 0. The largest absolute Gasteiger partial charge is 0.454 e. The first-order valence-corrected chi connectivity index (χ1v) is 11.5. The third-order valence-electron chi connectivity index (χ3n) is 6.78. The lowest BCUT2D eigenvalue weighted by atomic mass is 9.87. The van der Waals surface area contributed by atoms with Crippen LogP contribution in [0.25, 0.3) is 10.9 Å². The third kappa shape index (κ3) is 3.99. The molecule has 1 aromatic heterocycles. The molecular weight excluding hydrogens is 416 g/mol. The standard InChI is InChI=1S/C27H30N2O4/c1-16(30)28-14-19-10-17(9-18-12-23(26(2,3)4)29-25(18)19)11-24(31)27(7-8-27)20-5-6-21-22(13-20)33-15-32-21/h5-6,9-10,12-13,29H,7-8,11,14-15H2,1-4H3,(H,28,30). The highest BCUT2D eigenvalue weighted by Crippen LogP contribution is 2.51. The summed E-state index contributed by atoms with van der Waals surface area (Å²) in [6, 6.07) is 12.2. The van der Waals surface area contributed by atoms with E-state index < -0.39 is 5.41 Å². The number of benzene rings is 2. The monoisotopic (exact) mass is 446 g/mol. The molecular formula is C27H30N2O4. The van der Waals surface area contributed by atoms with Gasteiger partial charge in [0.15, 0.2) is 11.5 Å². The topological polar surface area (TPSA) is 80.4 Å². The van der Waals surface area contributed by atoms with Crippen molar-refractivity contribution in [1.29, 1.82) is 0 Å². The number of H-pyrrole nitrogens is 1. The Balaban J connectivity index is 1.46. The van der Waals surface area contributed by atoms with E-state index in [1.165, 1.54) is 6.92 Å². The summed E-state index contributed by atoms with van der Waals surface area (Å²) < 4.78 is 11.0. The van der Waals surface area contributed by atoms with Crippen LogP contribution in [-0.2, 0) is 33.4 Å². The molecule has 2 N–H and O–H groups in total. The van der Waals surface area contributed by atoms with Gasteiger partial charge in [0.25, 0.3) is 0 Å². The molecule has 3 aromatic rings. The quantitative estimate of drug-likeness (QED) is 0.576. The van der Waals surface area contributed by atoms with Crippen molar-refractivity contribution in [2.45, 2.75) is 64.3 Å². The van der Waals surface area contributed by atoms with Gasteiger partial charge in [-0.1, -0.05) is 32.9 Å². The number of ether oxygens (including phenoxy) is 2. The van der Waals surface area contributed by atoms with Gasteiger partial charge < -0.3 is 19.8 Å². The number of hydrogen-bond acceptors (Lipinski definition) is 4. The van der Waals surface area contributed by atoms with Crippen LogP contribution in [0.5, 0.6) is 11.5 Å². The van der Waals surface area contributed by atoms with E-state index in [4.69, 9.17) is 9.47 Å². The lowest BCUT2D eigenvalue weighted by molar-refractivity contribution is -0.121. The van der Waals surface area contributed by atoms with E-state index in [1.54, 1.807) is 0 Å². The number of ketones is 1. The minimum Gasteiger partial charge on any atom is -0.454 e. The molecule has 0 unspecified atom stereocenters. The van der Waals surface area contributed by atoms with Gasteiger partial charge in [-0.2, -0.15) is 0 Å². The number of rotatable bonds is 6. The zero-order valence-corrected chi connectivity index (χ0v) is 19.6. The van der Waals surface area contributed by atoms with Gasteiger partial charge in [-0.15, -0.1) is 0 Å². The van der Waals surface area contributed by atoms with Gasteiger partial charge >= 0.3 is 0 Å². The summed E-state index contributed by atoms with van der Waals surface area (Å²) in [6.45, 7) is 8.66. The summed E-state index contributed by atoms with van der Waals surface area (Å²) in [5.41, 5.74) is 4.65. The highest BCUT2D eigenvalue weighted by molar-refractivity contribution is 5.96. The number of aromatic amines is 1. The van der Waals surface area contributed by atoms with Gasteiger partial charge in [0.2, 0.25) is 12.7 Å². The fraction of sp³-hybridized carbons (Fsp3) is 0.407. The van der Waals surface area contributed by atoms with Crippen LogP contribution in [0, 0.1) is 0 Å². The molecule has 172 valence electrons. The van der Waals surface area contributed by atoms with E-state index in [1.807, 2.05) is 18.2 Å². The highest BCUT2D eigenvalue weighted by atomic mass is 16.7. The Kier molecular flexibility index (Phi) is 5.00. The van der Waals surface area contributed by atoms with E-state index in [9.17, 15) is 9.59 Å². The number of carbonyl (C=O) groups excluding carboxylic acids is 2. The Morgan fingerprint density at radius 2 is 1.82 bits per heavy atom. The average Bonchev–Trinajstić information content (AvgIpc) is 3.22. The molecule has 5 rings (SSSR count). The molecule has 0 atom stereocenters. The predicted molar refractivity (Wildman–Crippen MR) is 127 cm³/mol. The molecule has 0 radical (unpaired) electrons. The summed E-state index contributed by atoms with van der Waals surface area (Å²) in [5.74, 6) is 1.59. The summed E-state index contributed by atoms with van der Waals surface area (Å²) in [7, 11) is 0. The predicted octanol–water partition coefficient (Wildman–Crippen LogP) is 4.67. The van der Waals surface area contributed by atoms with Gasteiger partial charge in [0.1, 0.15) is 5.78 Å². The van der Waals surface area contributed by atoms with Crippen molar-refractivity contribution in [1.82, 2.24) is 10.3 Å². The second-order valence-electron chi connectivity index (χ2n) is 10.3. The first kappa shape index (κ1) is 21.6. The molecule has 2 heterocycles. The first-order valence-electron chi connectivity index (χ1n) is 11.5. The average molecular weight is 447 g/mol. The lowest BCUT2D eigenvalue weighted by Gasteiger charge is -2.16. The second-order valence-corrected chi connectivity index (χ2v) is 10.3. The van der Waals surface area contributed by atoms with E-state index in [0.29, 0.717) is 18.7 Å². The number of amides is 1. The number of hydrogen-bond donors (Lipinski definition) is 2. The second kappa shape index (κ2) is 7.65. The van der Waals surface area contributed by atoms with Crippen molar-refractivity contribution in [3.63, 3.8) is 0 Å². The van der Waals surface area contributed by atoms with Crippen molar-refractivity contribution in [3.8, 4) is 11.5 Å². The molecule has 1 saturated carbocycles. The minimum atomic E-state index is -0.442. The van der Waals surface area contributed by atoms with Crippen LogP contribution in [0.2, 0.25) is 0 Å². The summed E-state index contributed by atoms with van der Waals surface area (Å²) in [5, 5.41) is 3.97. The van der Waals surface area contributed by atoms with Crippen LogP contribution in [0.1, 0.15) is 62.9 Å². The van der Waals surface area contributed by atoms with Crippen LogP contribution in [-0.4, -0.2) is 23.5 Å². The van der Waals surface area contributed by atoms with Gasteiger partial charge in [-0.3, -0.25) is 9.59 Å². The normalized spacial score (nSPS) is 16.1. The molecule has 33 heavy (non-hydrogen) atoms. The van der Waals surface area contributed by atoms with Crippen LogP contribution in [0.3, 0.4) is 0 Å². The van der Waals surface area contributed by atoms with E-state index in [0.717, 1.165) is 51.9 Å². The molecule has 0 bridgehead atoms. The third-order valence-corrected chi connectivity index (χ3v) is 6.78. The van der Waals surface area contributed by atoms with Crippen molar-refractivity contribution < 1.29 is 19.1 Å². The smallest absolute Gasteiger partial charge is 0.231 e. The fourth-order valence-electron chi connectivity index (χ4n) is 4.65. The molecule has 2 aliphatic rings. The fourth-order valence-corrected chi connectivity index (χ4v) is 4.65. The van der Waals surface area contributed by atoms with Gasteiger partial charge in [-0.05, 0) is 53.8 Å². The van der Waals surface area contributed by atoms with Gasteiger partial charge in [0.05, 0.1) is 10.9 Å². The van der Waals surface area contributed by atoms with E-state index in [2.05, 4.69) is 49.3 Å². The molecule has 6 heteroatoms. The van der Waals surface area contributed by atoms with E-state index >= 15 is 0 Å². The Labute approximate surface area is 193 Å². The summed E-state index contributed by atoms with van der Waals surface area (Å²) in [6.07, 6.45) is 2.06. The van der Waals surface area contributed by atoms with Crippen LogP contribution >= 0.6 is 0 Å². The Hall–Kier alpha value is -3.28. The lowest BCUT2D eigenvalue weighted by Crippen LogP contribution is -2.23. The van der Waals surface area contributed by atoms with Crippen LogP contribution in [0.4, 0.5) is 0 Å². The number of nitrogens with one attached hydrogen (secondary N) is 2. The SMILES string of the molecule is CC(=O)NCc1cc(CC(=O)C2(c3ccc4c(c3)OCO4)CC2)cc2cc(C(C)(C)C)[nH]c12. The molecule has 0 spiro atoms. The van der Waals surface area contributed by atoms with Crippen LogP contribution in [0.15, 0.2) is 36.4 Å². The van der Waals surface area contributed by atoms with Crippen molar-refractivity contribution in [3.05, 3.63) is 58.8 Å². The maximum Gasteiger partial charge on any atom is 0.231 e. The molecule has 2 aromatic carbocycles. The Morgan fingerprint density at radius 1 is 1.06 bits per heavy atom. The Morgan fingerprint density at radius 3 is 2.52 bits per heavy atom. The number of Topliss-reactive ketones (excluding diaryl/α,β-unsaturated/α-hetero) is 1. The molecule has 6 nitrogen and oxygen atoms in total. The highest BCUT2D eigenvalue weighted by Gasteiger charge is 2.50. The van der Waals surface area contributed by atoms with Crippen molar-refractivity contribution >= 4 is 22.6 Å². The zero-order valence-electron chi connectivity index (χ0n) is 19.6. The minimum absolute atomic E-state index is 0.0301. The number of fused-ring (bicyclic) bond motifs is 2. The maximum atomic E-state index is 13.5. The summed E-state index contributed by atoms with van der Waals surface area (Å²) in [4.78, 5) is 28.6. The first-order chi connectivity index (χ1) is 15.7. The van der Waals surface area contributed by atoms with Gasteiger partial charge in [-0.25, -0.2) is 0 Å². The van der Waals surface area contributed by atoms with Crippen molar-refractivity contribution in [2.24, 2.45) is 0 Å². The van der Waals surface area contributed by atoms with Crippen LogP contribution < -0.4 is 14.8 Å². The molecule has 1 aliphatic carbocycles. The Bertz CT molecular complexity index is 1260. The molecule has 1 aliphatic heterocycles. The molecule has 0 saturated heterocycles. The van der Waals surface area contributed by atoms with Crippen molar-refractivity contribution in [2.75, 3.05) is 6.79 Å². The van der Waals surface area contributed by atoms with Gasteiger partial charge in [0, 0.05) is 36.4 Å². The zero-order chi connectivity index (χ0) is 23.4. The molecule has 1 fully saturated rings. The number of carbonyl (C=O) groups is 2. The van der Waals surface area contributed by atoms with E-state index in [-0.39, 0.29) is 23.9 Å².